The zero-order valence-electron chi connectivity index (χ0n) is 13.5. The Morgan fingerprint density at radius 2 is 1.96 bits per heavy atom. The van der Waals surface area contributed by atoms with Crippen molar-refractivity contribution in [1.29, 1.82) is 0 Å². The van der Waals surface area contributed by atoms with Gasteiger partial charge in [-0.25, -0.2) is 9.59 Å². The molecule has 23 heavy (non-hydrogen) atoms. The molecule has 1 N–H and O–H groups in total. The molecule has 2 rings (SSSR count). The maximum absolute atomic E-state index is 12.2. The highest BCUT2D eigenvalue weighted by Gasteiger charge is 2.33. The largest absolute Gasteiger partial charge is 0.465 e. The van der Waals surface area contributed by atoms with Crippen LogP contribution >= 0.6 is 0 Å². The van der Waals surface area contributed by atoms with Crippen LogP contribution in [0.4, 0.5) is 9.59 Å². The predicted octanol–water partition coefficient (Wildman–Crippen LogP) is 1.55. The molecule has 1 aromatic carbocycles. The van der Waals surface area contributed by atoms with Crippen molar-refractivity contribution in [2.75, 3.05) is 40.3 Å². The molecule has 1 aliphatic rings. The molecule has 0 radical (unpaired) electrons. The number of hydrogen-bond donors (Lipinski definition) is 1. The van der Waals surface area contributed by atoms with Crippen molar-refractivity contribution in [1.82, 2.24) is 14.7 Å². The van der Waals surface area contributed by atoms with Crippen molar-refractivity contribution in [3.8, 4) is 0 Å². The van der Waals surface area contributed by atoms with E-state index in [-0.39, 0.29) is 12.6 Å². The minimum atomic E-state index is -0.950. The highest BCUT2D eigenvalue weighted by molar-refractivity contribution is 5.69. The Bertz CT molecular complexity index is 535. The van der Waals surface area contributed by atoms with Gasteiger partial charge in [0, 0.05) is 26.2 Å². The van der Waals surface area contributed by atoms with Gasteiger partial charge in [0.25, 0.3) is 0 Å². The van der Waals surface area contributed by atoms with Gasteiger partial charge < -0.3 is 24.5 Å². The summed E-state index contributed by atoms with van der Waals surface area (Å²) in [6.45, 7) is 1.78. The van der Waals surface area contributed by atoms with Gasteiger partial charge in [-0.3, -0.25) is 0 Å². The fourth-order valence-corrected chi connectivity index (χ4v) is 2.66. The molecule has 0 aromatic heterocycles. The second-order valence-corrected chi connectivity index (χ2v) is 5.88. The van der Waals surface area contributed by atoms with E-state index in [1.54, 1.807) is 4.90 Å². The average Bonchev–Trinajstić information content (AvgIpc) is 2.52. The highest BCUT2D eigenvalue weighted by Crippen LogP contribution is 2.13. The highest BCUT2D eigenvalue weighted by atomic mass is 16.6. The van der Waals surface area contributed by atoms with Crippen molar-refractivity contribution in [2.45, 2.75) is 12.6 Å². The van der Waals surface area contributed by atoms with Crippen molar-refractivity contribution in [3.63, 3.8) is 0 Å². The summed E-state index contributed by atoms with van der Waals surface area (Å²) in [7, 11) is 3.76. The van der Waals surface area contributed by atoms with Crippen molar-refractivity contribution in [2.24, 2.45) is 0 Å². The van der Waals surface area contributed by atoms with Crippen LogP contribution in [0.2, 0.25) is 0 Å². The zero-order valence-corrected chi connectivity index (χ0v) is 13.5. The lowest BCUT2D eigenvalue weighted by molar-refractivity contribution is 0.0402. The van der Waals surface area contributed by atoms with Gasteiger partial charge in [-0.2, -0.15) is 0 Å². The summed E-state index contributed by atoms with van der Waals surface area (Å²) in [6.07, 6.45) is -1.35. The van der Waals surface area contributed by atoms with Crippen molar-refractivity contribution < 1.29 is 19.4 Å². The van der Waals surface area contributed by atoms with Gasteiger partial charge in [0.15, 0.2) is 0 Å². The quantitative estimate of drug-likeness (QED) is 0.911. The molecule has 1 atom stereocenters. The molecule has 7 nitrogen and oxygen atoms in total. The lowest BCUT2D eigenvalue weighted by Gasteiger charge is -2.40. The molecule has 1 heterocycles. The topological polar surface area (TPSA) is 73.3 Å². The lowest BCUT2D eigenvalue weighted by Crippen LogP contribution is -2.59. The van der Waals surface area contributed by atoms with Gasteiger partial charge in [0.1, 0.15) is 6.61 Å². The molecular formula is C16H23N3O4. The second-order valence-electron chi connectivity index (χ2n) is 5.88. The van der Waals surface area contributed by atoms with Crippen LogP contribution < -0.4 is 0 Å². The number of likely N-dealkylation sites (N-methyl/N-ethyl adjacent to an activating group) is 1. The smallest absolute Gasteiger partial charge is 0.410 e. The number of amides is 2. The van der Waals surface area contributed by atoms with E-state index in [2.05, 4.69) is 0 Å². The van der Waals surface area contributed by atoms with Crippen LogP contribution in [0, 0.1) is 0 Å². The van der Waals surface area contributed by atoms with Crippen molar-refractivity contribution in [3.05, 3.63) is 35.9 Å². The number of benzene rings is 1. The van der Waals surface area contributed by atoms with Gasteiger partial charge in [-0.15, -0.1) is 0 Å². The van der Waals surface area contributed by atoms with E-state index in [1.807, 2.05) is 49.3 Å². The van der Waals surface area contributed by atoms with Crippen LogP contribution in [0.5, 0.6) is 0 Å². The first kappa shape index (κ1) is 17.1. The van der Waals surface area contributed by atoms with Gasteiger partial charge in [0.2, 0.25) is 0 Å². The normalized spacial score (nSPS) is 18.1. The number of carbonyl (C=O) groups is 2. The first-order valence-electron chi connectivity index (χ1n) is 7.57. The maximum Gasteiger partial charge on any atom is 0.410 e. The van der Waals surface area contributed by atoms with Crippen LogP contribution in [0.25, 0.3) is 0 Å². The molecule has 0 aliphatic carbocycles. The molecule has 1 saturated heterocycles. The third-order valence-electron chi connectivity index (χ3n) is 3.77. The number of nitrogens with zero attached hydrogens (tertiary/aromatic N) is 3. The molecule has 0 spiro atoms. The van der Waals surface area contributed by atoms with E-state index >= 15 is 0 Å². The van der Waals surface area contributed by atoms with Crippen LogP contribution in [-0.2, 0) is 11.3 Å². The van der Waals surface area contributed by atoms with E-state index in [0.29, 0.717) is 26.2 Å². The molecule has 1 aromatic rings. The summed E-state index contributed by atoms with van der Waals surface area (Å²) in [6, 6.07) is 9.22. The Kier molecular flexibility index (Phi) is 5.81. The maximum atomic E-state index is 12.2. The first-order chi connectivity index (χ1) is 11.0. The molecule has 0 unspecified atom stereocenters. The molecule has 126 valence electrons. The van der Waals surface area contributed by atoms with E-state index in [4.69, 9.17) is 4.74 Å². The SMILES string of the molecule is CN(C)C[C@@H]1CN(C(=O)OCc2ccccc2)CCN1C(=O)O. The second kappa shape index (κ2) is 7.82. The molecule has 0 saturated carbocycles. The number of piperazine rings is 1. The summed E-state index contributed by atoms with van der Waals surface area (Å²) < 4.78 is 5.32. The van der Waals surface area contributed by atoms with E-state index in [0.717, 1.165) is 5.56 Å². The molecule has 0 bridgehead atoms. The third-order valence-corrected chi connectivity index (χ3v) is 3.77. The molecule has 1 aliphatic heterocycles. The Morgan fingerprint density at radius 3 is 2.57 bits per heavy atom. The van der Waals surface area contributed by atoms with E-state index in [1.165, 1.54) is 4.90 Å². The van der Waals surface area contributed by atoms with E-state index in [9.17, 15) is 14.7 Å². The van der Waals surface area contributed by atoms with Gasteiger partial charge in [-0.05, 0) is 19.7 Å². The third kappa shape index (κ3) is 4.85. The molecule has 7 heteroatoms. The van der Waals surface area contributed by atoms with Crippen molar-refractivity contribution >= 4 is 12.2 Å². The van der Waals surface area contributed by atoms with Crippen LogP contribution in [0.1, 0.15) is 5.56 Å². The fourth-order valence-electron chi connectivity index (χ4n) is 2.66. The Labute approximate surface area is 136 Å². The minimum Gasteiger partial charge on any atom is -0.465 e. The predicted molar refractivity (Wildman–Crippen MR) is 85.3 cm³/mol. The summed E-state index contributed by atoms with van der Waals surface area (Å²) >= 11 is 0. The molecule has 1 fully saturated rings. The number of hydrogen-bond acceptors (Lipinski definition) is 4. The van der Waals surface area contributed by atoms with Gasteiger partial charge in [0.05, 0.1) is 6.04 Å². The Morgan fingerprint density at radius 1 is 1.26 bits per heavy atom. The lowest BCUT2D eigenvalue weighted by atomic mass is 10.1. The minimum absolute atomic E-state index is 0.219. The number of carboxylic acid groups (broad SMARTS) is 1. The van der Waals surface area contributed by atoms with Crippen LogP contribution in [0.15, 0.2) is 30.3 Å². The van der Waals surface area contributed by atoms with Crippen LogP contribution in [-0.4, -0.2) is 78.3 Å². The number of carbonyl (C=O) groups excluding carboxylic acids is 1. The van der Waals surface area contributed by atoms with Gasteiger partial charge >= 0.3 is 12.2 Å². The summed E-state index contributed by atoms with van der Waals surface area (Å²) in [5.74, 6) is 0. The summed E-state index contributed by atoms with van der Waals surface area (Å²) in [5, 5.41) is 9.27. The fraction of sp³-hybridized carbons (Fsp3) is 0.500. The monoisotopic (exact) mass is 321 g/mol. The Hall–Kier alpha value is -2.28. The standard InChI is InChI=1S/C16H23N3O4/c1-17(2)10-14-11-18(8-9-19(14)15(20)21)16(22)23-12-13-6-4-3-5-7-13/h3-7,14H,8-12H2,1-2H3,(H,20,21)/t14-/m1/s1. The number of ether oxygens (including phenoxy) is 1. The summed E-state index contributed by atoms with van der Waals surface area (Å²) in [5.41, 5.74) is 0.926. The van der Waals surface area contributed by atoms with E-state index < -0.39 is 12.2 Å². The first-order valence-corrected chi connectivity index (χ1v) is 7.57. The molecular weight excluding hydrogens is 298 g/mol. The van der Waals surface area contributed by atoms with Gasteiger partial charge in [-0.1, -0.05) is 30.3 Å². The Balaban J connectivity index is 1.92. The summed E-state index contributed by atoms with van der Waals surface area (Å²) in [4.78, 5) is 28.4. The zero-order chi connectivity index (χ0) is 16.8. The molecule has 2 amide bonds. The van der Waals surface area contributed by atoms with Crippen LogP contribution in [0.3, 0.4) is 0 Å². The number of rotatable bonds is 4. The average molecular weight is 321 g/mol.